The molecule has 0 unspecified atom stereocenters. The minimum absolute atomic E-state index is 0.00356. The lowest BCUT2D eigenvalue weighted by Gasteiger charge is -2.19. The van der Waals surface area contributed by atoms with E-state index in [1.54, 1.807) is 13.1 Å². The number of pyridine rings is 1. The summed E-state index contributed by atoms with van der Waals surface area (Å²) in [7, 11) is 1.62. The van der Waals surface area contributed by atoms with Gasteiger partial charge in [-0.25, -0.2) is 9.67 Å². The van der Waals surface area contributed by atoms with Crippen molar-refractivity contribution in [2.24, 2.45) is 7.05 Å². The van der Waals surface area contributed by atoms with E-state index in [0.717, 1.165) is 6.07 Å². The maximum Gasteiger partial charge on any atom is 0.419 e. The van der Waals surface area contributed by atoms with Gasteiger partial charge in [0.05, 0.1) is 23.4 Å². The first-order valence-electron chi connectivity index (χ1n) is 10.7. The average molecular weight is 473 g/mol. The number of aromatic nitrogens is 4. The van der Waals surface area contributed by atoms with E-state index in [4.69, 9.17) is 4.74 Å². The molecule has 0 atom stereocenters. The zero-order valence-electron chi connectivity index (χ0n) is 18.4. The predicted molar refractivity (Wildman–Crippen MR) is 116 cm³/mol. The van der Waals surface area contributed by atoms with E-state index < -0.39 is 11.7 Å². The zero-order valence-corrected chi connectivity index (χ0v) is 18.4. The molecule has 0 aliphatic carbocycles. The summed E-state index contributed by atoms with van der Waals surface area (Å²) >= 11 is 0. The highest BCUT2D eigenvalue weighted by Crippen LogP contribution is 2.39. The number of hydrogen-bond donors (Lipinski definition) is 1. The number of fused-ring (bicyclic) bond motifs is 1. The molecular formula is C22H22F3N7O2. The molecule has 34 heavy (non-hydrogen) atoms. The van der Waals surface area contributed by atoms with E-state index in [1.165, 1.54) is 16.8 Å². The highest BCUT2D eigenvalue weighted by molar-refractivity contribution is 5.83. The Kier molecular flexibility index (Phi) is 6.65. The van der Waals surface area contributed by atoms with Crippen LogP contribution in [0.4, 0.5) is 13.2 Å². The van der Waals surface area contributed by atoms with Crippen LogP contribution in [0.25, 0.3) is 22.3 Å². The first kappa shape index (κ1) is 23.4. The van der Waals surface area contributed by atoms with Crippen molar-refractivity contribution in [1.29, 1.82) is 5.26 Å². The van der Waals surface area contributed by atoms with Crippen molar-refractivity contribution in [2.75, 3.05) is 32.8 Å². The third kappa shape index (κ3) is 5.09. The molecule has 1 aliphatic heterocycles. The molecule has 0 spiro atoms. The van der Waals surface area contributed by atoms with Gasteiger partial charge < -0.3 is 15.0 Å². The zero-order chi connectivity index (χ0) is 24.3. The Balaban J connectivity index is 1.52. The van der Waals surface area contributed by atoms with Gasteiger partial charge in [0, 0.05) is 45.2 Å². The molecule has 3 aromatic rings. The van der Waals surface area contributed by atoms with E-state index in [9.17, 15) is 23.2 Å². The van der Waals surface area contributed by atoms with E-state index in [1.807, 2.05) is 6.07 Å². The van der Waals surface area contributed by atoms with E-state index in [-0.39, 0.29) is 40.7 Å². The number of benzene rings is 1. The number of halogens is 3. The minimum atomic E-state index is -4.64. The molecule has 12 heteroatoms. The maximum absolute atomic E-state index is 13.8. The molecule has 1 aromatic carbocycles. The number of nitrogens with zero attached hydrogens (tertiary/aromatic N) is 6. The summed E-state index contributed by atoms with van der Waals surface area (Å²) in [6.07, 6.45) is -3.72. The number of carbonyl (C=O) groups is 1. The average Bonchev–Trinajstić information content (AvgIpc) is 3.05. The summed E-state index contributed by atoms with van der Waals surface area (Å²) < 4.78 is 48.4. The van der Waals surface area contributed by atoms with Gasteiger partial charge in [-0.05, 0) is 30.7 Å². The van der Waals surface area contributed by atoms with Crippen LogP contribution < -0.4 is 10.1 Å². The van der Waals surface area contributed by atoms with Gasteiger partial charge in [-0.3, -0.25) is 4.79 Å². The second kappa shape index (κ2) is 9.64. The lowest BCUT2D eigenvalue weighted by molar-refractivity contribution is -0.139. The number of nitrogens with one attached hydrogen (secondary N) is 1. The van der Waals surface area contributed by atoms with Gasteiger partial charge in [-0.2, -0.15) is 18.4 Å². The van der Waals surface area contributed by atoms with Crippen molar-refractivity contribution >= 4 is 16.9 Å². The molecular weight excluding hydrogens is 451 g/mol. The Morgan fingerprint density at radius 2 is 2.09 bits per heavy atom. The molecule has 1 fully saturated rings. The van der Waals surface area contributed by atoms with Crippen LogP contribution in [-0.2, 0) is 18.0 Å². The number of alkyl halides is 3. The van der Waals surface area contributed by atoms with Crippen LogP contribution >= 0.6 is 0 Å². The number of rotatable bonds is 6. The quantitative estimate of drug-likeness (QED) is 0.548. The molecule has 2 aromatic heterocycles. The van der Waals surface area contributed by atoms with Gasteiger partial charge in [0.15, 0.2) is 5.69 Å². The summed E-state index contributed by atoms with van der Waals surface area (Å²) in [5, 5.41) is 19.9. The summed E-state index contributed by atoms with van der Waals surface area (Å²) in [5.41, 5.74) is 0.241. The normalized spacial score (nSPS) is 15.1. The van der Waals surface area contributed by atoms with Crippen LogP contribution in [0.2, 0.25) is 0 Å². The molecule has 1 aliphatic rings. The second-order valence-corrected chi connectivity index (χ2v) is 7.90. The molecule has 0 radical (unpaired) electrons. The van der Waals surface area contributed by atoms with Crippen molar-refractivity contribution in [2.45, 2.75) is 19.0 Å². The minimum Gasteiger partial charge on any atom is -0.493 e. The van der Waals surface area contributed by atoms with E-state index in [0.29, 0.717) is 44.5 Å². The fourth-order valence-corrected chi connectivity index (χ4v) is 3.80. The Morgan fingerprint density at radius 3 is 2.85 bits per heavy atom. The van der Waals surface area contributed by atoms with Crippen LogP contribution in [0, 0.1) is 11.3 Å². The first-order valence-corrected chi connectivity index (χ1v) is 10.7. The largest absolute Gasteiger partial charge is 0.493 e. The fraction of sp³-hybridized carbons (Fsp3) is 0.409. The van der Waals surface area contributed by atoms with Crippen molar-refractivity contribution in [3.63, 3.8) is 0 Å². The van der Waals surface area contributed by atoms with Crippen molar-refractivity contribution in [1.82, 2.24) is 30.2 Å². The summed E-state index contributed by atoms with van der Waals surface area (Å²) in [5.74, 6) is -0.267. The smallest absolute Gasteiger partial charge is 0.419 e. The maximum atomic E-state index is 13.8. The van der Waals surface area contributed by atoms with E-state index >= 15 is 0 Å². The highest BCUT2D eigenvalue weighted by Gasteiger charge is 2.35. The van der Waals surface area contributed by atoms with Crippen LogP contribution in [0.15, 0.2) is 24.3 Å². The number of ether oxygens (including phenoxy) is 1. The van der Waals surface area contributed by atoms with Gasteiger partial charge in [0.1, 0.15) is 17.3 Å². The molecule has 3 heterocycles. The number of amides is 1. The highest BCUT2D eigenvalue weighted by atomic mass is 19.4. The number of hydrogen-bond acceptors (Lipinski definition) is 7. The molecule has 4 rings (SSSR count). The van der Waals surface area contributed by atoms with E-state index in [2.05, 4.69) is 25.5 Å². The molecule has 1 N–H and O–H groups in total. The third-order valence-electron chi connectivity index (χ3n) is 5.57. The second-order valence-electron chi connectivity index (χ2n) is 7.90. The van der Waals surface area contributed by atoms with Crippen LogP contribution in [0.3, 0.4) is 0 Å². The van der Waals surface area contributed by atoms with Gasteiger partial charge in [0.25, 0.3) is 0 Å². The number of carbonyl (C=O) groups excluding carboxylic acids is 1. The Hall–Kier alpha value is -3.72. The Labute approximate surface area is 193 Å². The van der Waals surface area contributed by atoms with Gasteiger partial charge >= 0.3 is 6.18 Å². The standard InChI is InChI=1S/C22H22F3N7O2/c1-31-18-12-16(28-17(13-26)21(18)29-30-31)14-3-4-19(15(11-14)22(23,24)25)34-10-2-7-32-8-5-20(33)27-6-9-32/h3-4,11-12H,2,5-10H2,1H3,(H,27,33). The van der Waals surface area contributed by atoms with Gasteiger partial charge in [-0.1, -0.05) is 5.21 Å². The van der Waals surface area contributed by atoms with Crippen molar-refractivity contribution in [3.8, 4) is 23.1 Å². The lowest BCUT2D eigenvalue weighted by Crippen LogP contribution is -2.30. The van der Waals surface area contributed by atoms with Crippen LogP contribution in [-0.4, -0.2) is 63.6 Å². The predicted octanol–water partition coefficient (Wildman–Crippen LogP) is 2.51. The van der Waals surface area contributed by atoms with Gasteiger partial charge in [0.2, 0.25) is 5.91 Å². The Morgan fingerprint density at radius 1 is 1.26 bits per heavy atom. The molecule has 1 saturated heterocycles. The molecule has 1 amide bonds. The van der Waals surface area contributed by atoms with Crippen molar-refractivity contribution in [3.05, 3.63) is 35.5 Å². The van der Waals surface area contributed by atoms with Crippen molar-refractivity contribution < 1.29 is 22.7 Å². The van der Waals surface area contributed by atoms with Crippen LogP contribution in [0.5, 0.6) is 5.75 Å². The fourth-order valence-electron chi connectivity index (χ4n) is 3.80. The summed E-state index contributed by atoms with van der Waals surface area (Å²) in [6.45, 7) is 2.59. The number of aryl methyl sites for hydroxylation is 1. The molecule has 9 nitrogen and oxygen atoms in total. The van der Waals surface area contributed by atoms with Crippen LogP contribution in [0.1, 0.15) is 24.1 Å². The molecule has 178 valence electrons. The SMILES string of the molecule is Cn1nnc2c(C#N)nc(-c3ccc(OCCCN4CCNC(=O)CC4)c(C(F)(F)F)c3)cc21. The monoisotopic (exact) mass is 473 g/mol. The first-order chi connectivity index (χ1) is 16.3. The molecule has 0 saturated carbocycles. The lowest BCUT2D eigenvalue weighted by atomic mass is 10.1. The topological polar surface area (TPSA) is 109 Å². The van der Waals surface area contributed by atoms with Gasteiger partial charge in [-0.15, -0.1) is 5.10 Å². The number of nitriles is 1. The summed E-state index contributed by atoms with van der Waals surface area (Å²) in [4.78, 5) is 17.7. The third-order valence-corrected chi connectivity index (χ3v) is 5.57. The summed E-state index contributed by atoms with van der Waals surface area (Å²) in [6, 6.07) is 7.19. The molecule has 0 bridgehead atoms. The Bertz CT molecular complexity index is 1250.